The molecule has 6 nitrogen and oxygen atoms in total. The molecule has 0 aliphatic rings. The van der Waals surface area contributed by atoms with Crippen LogP contribution in [0.15, 0.2) is 122 Å². The smallest absolute Gasteiger partial charge is 0.306 e. The Morgan fingerprint density at radius 3 is 0.970 bits per heavy atom. The van der Waals surface area contributed by atoms with Gasteiger partial charge < -0.3 is 14.2 Å². The van der Waals surface area contributed by atoms with Gasteiger partial charge in [0.15, 0.2) is 6.10 Å². The highest BCUT2D eigenvalue weighted by molar-refractivity contribution is 5.71. The van der Waals surface area contributed by atoms with Gasteiger partial charge in [-0.3, -0.25) is 14.4 Å². The van der Waals surface area contributed by atoms with E-state index in [1.165, 1.54) is 57.8 Å². The van der Waals surface area contributed by atoms with Crippen LogP contribution < -0.4 is 0 Å². The Labute approximate surface area is 405 Å². The van der Waals surface area contributed by atoms with Gasteiger partial charge in [0.1, 0.15) is 13.2 Å². The number of esters is 3. The molecule has 0 saturated carbocycles. The number of hydrogen-bond acceptors (Lipinski definition) is 6. The fourth-order valence-electron chi connectivity index (χ4n) is 6.80. The van der Waals surface area contributed by atoms with Crippen molar-refractivity contribution < 1.29 is 28.6 Å². The molecule has 0 saturated heterocycles. The lowest BCUT2D eigenvalue weighted by atomic mass is 10.1. The van der Waals surface area contributed by atoms with Crippen LogP contribution in [-0.4, -0.2) is 37.2 Å². The summed E-state index contributed by atoms with van der Waals surface area (Å²) in [6.45, 7) is 6.31. The minimum absolute atomic E-state index is 0.106. The SMILES string of the molecule is CC/C=C\C/C=C\C/C=C\C/C=C\C/C=C\CCCCCCCCCC(=O)OCC(COC(=O)CCCCCCCCCC)OC(=O)CCC/C=C\C/C=C\C/C=C\C/C=C\C/C=C\CC. The van der Waals surface area contributed by atoms with Gasteiger partial charge >= 0.3 is 17.9 Å². The van der Waals surface area contributed by atoms with E-state index in [-0.39, 0.29) is 37.5 Å². The normalized spacial score (nSPS) is 13.1. The van der Waals surface area contributed by atoms with Gasteiger partial charge in [-0.15, -0.1) is 0 Å². The number of carbonyl (C=O) groups is 3. The van der Waals surface area contributed by atoms with Crippen molar-refractivity contribution in [1.82, 2.24) is 0 Å². The first-order chi connectivity index (χ1) is 32.5. The molecule has 0 aromatic rings. The summed E-state index contributed by atoms with van der Waals surface area (Å²) in [4.78, 5) is 37.9. The van der Waals surface area contributed by atoms with E-state index in [4.69, 9.17) is 14.2 Å². The fraction of sp³-hybridized carbons (Fsp3) is 0.617. The Morgan fingerprint density at radius 2 is 0.606 bits per heavy atom. The molecule has 0 aliphatic carbocycles. The third kappa shape index (κ3) is 50.8. The second kappa shape index (κ2) is 53.4. The maximum absolute atomic E-state index is 12.8. The number of unbranched alkanes of at least 4 members (excludes halogenated alkanes) is 15. The van der Waals surface area contributed by atoms with Gasteiger partial charge in [0.2, 0.25) is 0 Å². The summed E-state index contributed by atoms with van der Waals surface area (Å²) in [7, 11) is 0. The predicted octanol–water partition coefficient (Wildman–Crippen LogP) is 17.7. The predicted molar refractivity (Wildman–Crippen MR) is 283 cm³/mol. The first-order valence-corrected chi connectivity index (χ1v) is 26.5. The van der Waals surface area contributed by atoms with Crippen molar-refractivity contribution >= 4 is 17.9 Å². The van der Waals surface area contributed by atoms with Crippen LogP contribution in [0.25, 0.3) is 0 Å². The van der Waals surface area contributed by atoms with Crippen molar-refractivity contribution in [3.05, 3.63) is 122 Å². The van der Waals surface area contributed by atoms with E-state index < -0.39 is 6.10 Å². The maximum atomic E-state index is 12.8. The van der Waals surface area contributed by atoms with E-state index in [1.807, 2.05) is 0 Å². The molecule has 6 heteroatoms. The molecule has 1 atom stereocenters. The van der Waals surface area contributed by atoms with Crippen LogP contribution in [0.3, 0.4) is 0 Å². The number of rotatable bonds is 46. The molecule has 66 heavy (non-hydrogen) atoms. The van der Waals surface area contributed by atoms with E-state index in [0.717, 1.165) is 116 Å². The van der Waals surface area contributed by atoms with Crippen molar-refractivity contribution in [2.45, 2.75) is 226 Å². The van der Waals surface area contributed by atoms with Gasteiger partial charge in [0, 0.05) is 19.3 Å². The minimum Gasteiger partial charge on any atom is -0.462 e. The molecule has 0 amide bonds. The summed E-state index contributed by atoms with van der Waals surface area (Å²) in [5.74, 6) is -0.988. The van der Waals surface area contributed by atoms with Crippen LogP contribution in [0.1, 0.15) is 220 Å². The van der Waals surface area contributed by atoms with Crippen LogP contribution in [-0.2, 0) is 28.6 Å². The molecule has 0 radical (unpaired) electrons. The fourth-order valence-corrected chi connectivity index (χ4v) is 6.80. The molecule has 0 aromatic heterocycles. The highest BCUT2D eigenvalue weighted by Crippen LogP contribution is 2.13. The highest BCUT2D eigenvalue weighted by atomic mass is 16.6. The molecule has 0 aromatic carbocycles. The summed E-state index contributed by atoms with van der Waals surface area (Å²) in [5.41, 5.74) is 0. The quantitative estimate of drug-likeness (QED) is 0.0262. The first kappa shape index (κ1) is 61.8. The van der Waals surface area contributed by atoms with Crippen LogP contribution in [0.5, 0.6) is 0 Å². The molecule has 372 valence electrons. The Kier molecular flexibility index (Phi) is 50.0. The van der Waals surface area contributed by atoms with Crippen molar-refractivity contribution in [1.29, 1.82) is 0 Å². The summed E-state index contributed by atoms with van der Waals surface area (Å²) in [5, 5.41) is 0. The molecule has 0 aliphatic heterocycles. The van der Waals surface area contributed by atoms with Gasteiger partial charge in [-0.25, -0.2) is 0 Å². The summed E-state index contributed by atoms with van der Waals surface area (Å²) in [6, 6.07) is 0. The molecule has 0 fully saturated rings. The largest absolute Gasteiger partial charge is 0.462 e. The average Bonchev–Trinajstić information content (AvgIpc) is 3.31. The monoisotopic (exact) mass is 913 g/mol. The topological polar surface area (TPSA) is 78.9 Å². The maximum Gasteiger partial charge on any atom is 0.306 e. The number of hydrogen-bond donors (Lipinski definition) is 0. The lowest BCUT2D eigenvalue weighted by Gasteiger charge is -2.18. The number of carbonyl (C=O) groups excluding carboxylic acids is 3. The van der Waals surface area contributed by atoms with E-state index in [1.54, 1.807) is 0 Å². The zero-order chi connectivity index (χ0) is 47.9. The van der Waals surface area contributed by atoms with E-state index in [9.17, 15) is 14.4 Å². The van der Waals surface area contributed by atoms with E-state index in [0.29, 0.717) is 19.3 Å². The van der Waals surface area contributed by atoms with Gasteiger partial charge in [-0.1, -0.05) is 219 Å². The van der Waals surface area contributed by atoms with Crippen molar-refractivity contribution in [3.63, 3.8) is 0 Å². The average molecular weight is 913 g/mol. The minimum atomic E-state index is -0.813. The second-order valence-electron chi connectivity index (χ2n) is 17.0. The third-order valence-electron chi connectivity index (χ3n) is 10.7. The van der Waals surface area contributed by atoms with Crippen LogP contribution >= 0.6 is 0 Å². The zero-order valence-electron chi connectivity index (χ0n) is 42.4. The number of ether oxygens (including phenoxy) is 3. The molecular weight excluding hydrogens is 817 g/mol. The van der Waals surface area contributed by atoms with Crippen LogP contribution in [0.2, 0.25) is 0 Å². The second-order valence-corrected chi connectivity index (χ2v) is 17.0. The summed E-state index contributed by atoms with van der Waals surface area (Å²) in [6.07, 6.45) is 73.4. The molecule has 0 heterocycles. The lowest BCUT2D eigenvalue weighted by Crippen LogP contribution is -2.30. The van der Waals surface area contributed by atoms with E-state index in [2.05, 4.69) is 142 Å². The number of allylic oxidation sites excluding steroid dienone is 20. The van der Waals surface area contributed by atoms with Crippen molar-refractivity contribution in [2.24, 2.45) is 0 Å². The Hall–Kier alpha value is -4.19. The Morgan fingerprint density at radius 1 is 0.318 bits per heavy atom. The Balaban J connectivity index is 4.38. The summed E-state index contributed by atoms with van der Waals surface area (Å²) >= 11 is 0. The molecule has 0 spiro atoms. The first-order valence-electron chi connectivity index (χ1n) is 26.5. The molecule has 0 N–H and O–H groups in total. The van der Waals surface area contributed by atoms with Crippen LogP contribution in [0, 0.1) is 0 Å². The standard InChI is InChI=1S/C60H96O6/c1-4-7-10-13-16-19-21-23-25-27-28-29-30-31-32-34-35-37-39-41-44-47-50-53-59(62)65-56-57(55-64-58(61)52-49-46-43-18-15-12-9-6-3)66-60(63)54-51-48-45-42-40-38-36-33-26-24-22-20-17-14-11-8-5-2/h7-8,10-11,16-17,19-20,23-26,28-29,31-32,36,38,42,45,57H,4-6,9,12-15,18,21-22,27,30,33-35,37,39-41,43-44,46-56H2,1-3H3/b10-7-,11-8-,19-16-,20-17-,25-23-,26-24-,29-28-,32-31-,38-36-,45-42-. The highest BCUT2D eigenvalue weighted by Gasteiger charge is 2.19. The van der Waals surface area contributed by atoms with Gasteiger partial charge in [0.25, 0.3) is 0 Å². The Bertz CT molecular complexity index is 1420. The molecule has 0 bridgehead atoms. The van der Waals surface area contributed by atoms with Gasteiger partial charge in [-0.2, -0.15) is 0 Å². The van der Waals surface area contributed by atoms with Crippen molar-refractivity contribution in [3.8, 4) is 0 Å². The lowest BCUT2D eigenvalue weighted by molar-refractivity contribution is -0.167. The van der Waals surface area contributed by atoms with Gasteiger partial charge in [-0.05, 0) is 103 Å². The third-order valence-corrected chi connectivity index (χ3v) is 10.7. The molecule has 1 unspecified atom stereocenters. The van der Waals surface area contributed by atoms with Crippen LogP contribution in [0.4, 0.5) is 0 Å². The van der Waals surface area contributed by atoms with Crippen molar-refractivity contribution in [2.75, 3.05) is 13.2 Å². The molecular formula is C60H96O6. The zero-order valence-corrected chi connectivity index (χ0v) is 42.4. The summed E-state index contributed by atoms with van der Waals surface area (Å²) < 4.78 is 16.7. The molecule has 0 rings (SSSR count). The van der Waals surface area contributed by atoms with Gasteiger partial charge in [0.05, 0.1) is 0 Å². The van der Waals surface area contributed by atoms with E-state index >= 15 is 0 Å².